The van der Waals surface area contributed by atoms with Crippen LogP contribution in [0.1, 0.15) is 31.7 Å². The number of benzene rings is 1. The summed E-state index contributed by atoms with van der Waals surface area (Å²) < 4.78 is 36.6. The van der Waals surface area contributed by atoms with Crippen molar-refractivity contribution >= 4 is 40.0 Å². The lowest BCUT2D eigenvalue weighted by Gasteiger charge is -2.21. The molecule has 0 radical (unpaired) electrons. The lowest BCUT2D eigenvalue weighted by Crippen LogP contribution is -2.38. The van der Waals surface area contributed by atoms with E-state index in [1.807, 2.05) is 6.92 Å². The number of ether oxygens (including phenoxy) is 2. The minimum absolute atomic E-state index is 0. The highest BCUT2D eigenvalue weighted by atomic mass is 127. The van der Waals surface area contributed by atoms with E-state index >= 15 is 0 Å². The number of guanidine groups is 1. The summed E-state index contributed by atoms with van der Waals surface area (Å²) in [4.78, 5) is 4.87. The maximum absolute atomic E-state index is 12.1. The lowest BCUT2D eigenvalue weighted by molar-refractivity contribution is 0.0203. The molecule has 31 heavy (non-hydrogen) atoms. The van der Waals surface area contributed by atoms with E-state index < -0.39 is 10.0 Å². The number of rotatable bonds is 11. The monoisotopic (exact) mass is 568 g/mol. The Labute approximate surface area is 204 Å². The Hall–Kier alpha value is -0.950. The number of hydrogen-bond donors (Lipinski definition) is 2. The van der Waals surface area contributed by atoms with Crippen molar-refractivity contribution in [2.75, 3.05) is 53.6 Å². The van der Waals surface area contributed by atoms with Crippen LogP contribution in [0.3, 0.4) is 0 Å². The number of halogens is 1. The standard InChI is InChI=1S/C21H36N4O4S.HI/c1-4-22-21(23-12-5-13-29-17-19-10-14-28-15-11-19)24-16-18-6-8-20(9-7-18)30(26,27)25(2)3;/h6-9,19H,4-5,10-17H2,1-3H3,(H2,22,23,24);1H. The summed E-state index contributed by atoms with van der Waals surface area (Å²) in [5.41, 5.74) is 0.949. The van der Waals surface area contributed by atoms with Crippen molar-refractivity contribution in [3.05, 3.63) is 29.8 Å². The van der Waals surface area contributed by atoms with E-state index in [2.05, 4.69) is 15.6 Å². The molecule has 8 nitrogen and oxygen atoms in total. The molecule has 0 amide bonds. The highest BCUT2D eigenvalue weighted by Gasteiger charge is 2.16. The first-order chi connectivity index (χ1) is 14.4. The Morgan fingerprint density at radius 2 is 1.87 bits per heavy atom. The zero-order valence-corrected chi connectivity index (χ0v) is 21.9. The van der Waals surface area contributed by atoms with E-state index in [1.54, 1.807) is 24.3 Å². The van der Waals surface area contributed by atoms with E-state index in [4.69, 9.17) is 9.47 Å². The van der Waals surface area contributed by atoms with Crippen LogP contribution in [0.25, 0.3) is 0 Å². The molecule has 1 heterocycles. The second-order valence-corrected chi connectivity index (χ2v) is 9.69. The van der Waals surface area contributed by atoms with Gasteiger partial charge < -0.3 is 20.1 Å². The van der Waals surface area contributed by atoms with Crippen LogP contribution < -0.4 is 10.6 Å². The van der Waals surface area contributed by atoms with Crippen LogP contribution in [-0.2, 0) is 26.0 Å². The van der Waals surface area contributed by atoms with Gasteiger partial charge in [-0.05, 0) is 49.8 Å². The molecule has 178 valence electrons. The molecule has 1 aliphatic heterocycles. The van der Waals surface area contributed by atoms with Crippen molar-refractivity contribution in [3.8, 4) is 0 Å². The number of hydrogen-bond acceptors (Lipinski definition) is 5. The summed E-state index contributed by atoms with van der Waals surface area (Å²) in [7, 11) is -0.355. The van der Waals surface area contributed by atoms with Crippen molar-refractivity contribution in [1.82, 2.24) is 14.9 Å². The zero-order chi connectivity index (χ0) is 21.8. The third kappa shape index (κ3) is 10.0. The zero-order valence-electron chi connectivity index (χ0n) is 18.8. The van der Waals surface area contributed by atoms with Crippen LogP contribution in [0.4, 0.5) is 0 Å². The van der Waals surface area contributed by atoms with Gasteiger partial charge in [-0.2, -0.15) is 0 Å². The van der Waals surface area contributed by atoms with Crippen LogP contribution in [0.2, 0.25) is 0 Å². The SMILES string of the molecule is CCNC(=NCc1ccc(S(=O)(=O)N(C)C)cc1)NCCCOCC1CCOCC1.I. The van der Waals surface area contributed by atoms with Gasteiger partial charge in [-0.15, -0.1) is 24.0 Å². The van der Waals surface area contributed by atoms with Crippen molar-refractivity contribution in [2.45, 2.75) is 37.6 Å². The molecule has 0 saturated carbocycles. The lowest BCUT2D eigenvalue weighted by atomic mass is 10.0. The minimum atomic E-state index is -3.41. The molecule has 1 saturated heterocycles. The Morgan fingerprint density at radius 1 is 1.19 bits per heavy atom. The fourth-order valence-electron chi connectivity index (χ4n) is 3.03. The van der Waals surface area contributed by atoms with Gasteiger partial charge in [-0.1, -0.05) is 12.1 Å². The van der Waals surface area contributed by atoms with Gasteiger partial charge in [0.15, 0.2) is 5.96 Å². The second kappa shape index (κ2) is 15.0. The normalized spacial score (nSPS) is 15.5. The van der Waals surface area contributed by atoms with Gasteiger partial charge >= 0.3 is 0 Å². The molecule has 0 unspecified atom stereocenters. The first kappa shape index (κ1) is 28.1. The van der Waals surface area contributed by atoms with Gasteiger partial charge in [-0.3, -0.25) is 0 Å². The summed E-state index contributed by atoms with van der Waals surface area (Å²) in [5, 5.41) is 6.54. The van der Waals surface area contributed by atoms with Crippen LogP contribution in [-0.4, -0.2) is 72.3 Å². The van der Waals surface area contributed by atoms with Crippen LogP contribution >= 0.6 is 24.0 Å². The Morgan fingerprint density at radius 3 is 2.48 bits per heavy atom. The van der Waals surface area contributed by atoms with Gasteiger partial charge in [0, 0.05) is 53.6 Å². The summed E-state index contributed by atoms with van der Waals surface area (Å²) in [6.07, 6.45) is 3.10. The summed E-state index contributed by atoms with van der Waals surface area (Å²) in [6, 6.07) is 6.84. The molecule has 1 aromatic rings. The maximum Gasteiger partial charge on any atom is 0.242 e. The van der Waals surface area contributed by atoms with E-state index in [9.17, 15) is 8.42 Å². The molecule has 0 aromatic heterocycles. The minimum Gasteiger partial charge on any atom is -0.381 e. The molecule has 10 heteroatoms. The third-order valence-electron chi connectivity index (χ3n) is 4.92. The van der Waals surface area contributed by atoms with Crippen LogP contribution in [0.15, 0.2) is 34.2 Å². The van der Waals surface area contributed by atoms with Gasteiger partial charge in [0.25, 0.3) is 0 Å². The fourth-order valence-corrected chi connectivity index (χ4v) is 3.94. The Bertz CT molecular complexity index is 751. The predicted octanol–water partition coefficient (Wildman–Crippen LogP) is 2.44. The van der Waals surface area contributed by atoms with Gasteiger partial charge in [0.05, 0.1) is 11.4 Å². The molecular formula is C21H37IN4O4S. The van der Waals surface area contributed by atoms with E-state index in [0.717, 1.165) is 70.3 Å². The van der Waals surface area contributed by atoms with Gasteiger partial charge in [0.1, 0.15) is 0 Å². The molecule has 0 bridgehead atoms. The first-order valence-corrected chi connectivity index (χ1v) is 12.1. The smallest absolute Gasteiger partial charge is 0.242 e. The highest BCUT2D eigenvalue weighted by molar-refractivity contribution is 14.0. The summed E-state index contributed by atoms with van der Waals surface area (Å²) >= 11 is 0. The number of sulfonamides is 1. The average Bonchev–Trinajstić information content (AvgIpc) is 2.75. The maximum atomic E-state index is 12.1. The molecule has 1 aromatic carbocycles. The van der Waals surface area contributed by atoms with E-state index in [-0.39, 0.29) is 28.9 Å². The highest BCUT2D eigenvalue weighted by Crippen LogP contribution is 2.15. The number of nitrogens with zero attached hydrogens (tertiary/aromatic N) is 2. The van der Waals surface area contributed by atoms with Crippen molar-refractivity contribution in [1.29, 1.82) is 0 Å². The van der Waals surface area contributed by atoms with Gasteiger partial charge in [-0.25, -0.2) is 17.7 Å². The van der Waals surface area contributed by atoms with Crippen molar-refractivity contribution in [3.63, 3.8) is 0 Å². The molecule has 0 spiro atoms. The molecule has 0 atom stereocenters. The molecule has 2 rings (SSSR count). The van der Waals surface area contributed by atoms with Crippen molar-refractivity contribution < 1.29 is 17.9 Å². The summed E-state index contributed by atoms with van der Waals surface area (Å²) in [6.45, 7) is 7.29. The fraction of sp³-hybridized carbons (Fsp3) is 0.667. The quantitative estimate of drug-likeness (QED) is 0.185. The first-order valence-electron chi connectivity index (χ1n) is 10.6. The van der Waals surface area contributed by atoms with Crippen molar-refractivity contribution in [2.24, 2.45) is 10.9 Å². The molecule has 1 fully saturated rings. The van der Waals surface area contributed by atoms with E-state index in [1.165, 1.54) is 18.4 Å². The Balaban J connectivity index is 0.00000480. The van der Waals surface area contributed by atoms with Gasteiger partial charge in [0.2, 0.25) is 10.0 Å². The predicted molar refractivity (Wildman–Crippen MR) is 135 cm³/mol. The summed E-state index contributed by atoms with van der Waals surface area (Å²) in [5.74, 6) is 1.37. The second-order valence-electron chi connectivity index (χ2n) is 7.54. The molecule has 0 aliphatic carbocycles. The topological polar surface area (TPSA) is 92.3 Å². The third-order valence-corrected chi connectivity index (χ3v) is 6.75. The average molecular weight is 569 g/mol. The Kier molecular flexibility index (Phi) is 13.6. The molecule has 2 N–H and O–H groups in total. The largest absolute Gasteiger partial charge is 0.381 e. The van der Waals surface area contributed by atoms with E-state index in [0.29, 0.717) is 12.5 Å². The number of nitrogens with one attached hydrogen (secondary N) is 2. The van der Waals surface area contributed by atoms with Crippen LogP contribution in [0, 0.1) is 5.92 Å². The van der Waals surface area contributed by atoms with Crippen LogP contribution in [0.5, 0.6) is 0 Å². The molecular weight excluding hydrogens is 531 g/mol. The number of aliphatic imine (C=N–C) groups is 1. The molecule has 1 aliphatic rings.